The number of aryl methyl sites for hydroxylation is 2. The molecule has 0 aromatic carbocycles. The van der Waals surface area contributed by atoms with Crippen LogP contribution in [0.25, 0.3) is 0 Å². The molecule has 72 valence electrons. The van der Waals surface area contributed by atoms with Crippen molar-refractivity contribution in [2.75, 3.05) is 0 Å². The van der Waals surface area contributed by atoms with Gasteiger partial charge < -0.3 is 5.73 Å². The predicted octanol–water partition coefficient (Wildman–Crippen LogP) is 1.32. The zero-order valence-electron chi connectivity index (χ0n) is 8.38. The van der Waals surface area contributed by atoms with Gasteiger partial charge in [0.2, 0.25) is 0 Å². The number of rotatable bonds is 1. The van der Waals surface area contributed by atoms with E-state index in [2.05, 4.69) is 12.0 Å². The standard InChI is InChI=1S/C10H17N3/c1-3-8-10-7(11)5-4-6-9(10)13(2)12-8/h7H,3-6,11H2,1-2H3. The van der Waals surface area contributed by atoms with Crippen molar-refractivity contribution in [3.63, 3.8) is 0 Å². The Bertz CT molecular complexity index is 314. The number of aromatic nitrogens is 2. The van der Waals surface area contributed by atoms with Crippen molar-refractivity contribution in [3.8, 4) is 0 Å². The van der Waals surface area contributed by atoms with Gasteiger partial charge in [-0.15, -0.1) is 0 Å². The summed E-state index contributed by atoms with van der Waals surface area (Å²) in [5.74, 6) is 0. The second kappa shape index (κ2) is 3.14. The van der Waals surface area contributed by atoms with Crippen LogP contribution in [0.1, 0.15) is 42.8 Å². The molecular formula is C10H17N3. The minimum absolute atomic E-state index is 0.229. The molecule has 0 aliphatic heterocycles. The summed E-state index contributed by atoms with van der Waals surface area (Å²) in [7, 11) is 2.02. The summed E-state index contributed by atoms with van der Waals surface area (Å²) in [4.78, 5) is 0. The van der Waals surface area contributed by atoms with E-state index in [1.54, 1.807) is 0 Å². The van der Waals surface area contributed by atoms with Gasteiger partial charge in [0, 0.05) is 24.3 Å². The molecule has 1 aromatic rings. The van der Waals surface area contributed by atoms with Crippen molar-refractivity contribution in [1.82, 2.24) is 9.78 Å². The van der Waals surface area contributed by atoms with E-state index in [0.717, 1.165) is 19.3 Å². The average Bonchev–Trinajstić information content (AvgIpc) is 2.45. The zero-order chi connectivity index (χ0) is 9.42. The average molecular weight is 179 g/mol. The fourth-order valence-corrected chi connectivity index (χ4v) is 2.26. The molecule has 0 amide bonds. The van der Waals surface area contributed by atoms with Crippen LogP contribution in [-0.2, 0) is 19.9 Å². The quantitative estimate of drug-likeness (QED) is 0.706. The van der Waals surface area contributed by atoms with Crippen molar-refractivity contribution in [3.05, 3.63) is 17.0 Å². The lowest BCUT2D eigenvalue weighted by molar-refractivity contribution is 0.547. The molecule has 1 aliphatic carbocycles. The van der Waals surface area contributed by atoms with Gasteiger partial charge in [0.1, 0.15) is 0 Å². The maximum atomic E-state index is 6.08. The summed E-state index contributed by atoms with van der Waals surface area (Å²) >= 11 is 0. The molecule has 0 saturated carbocycles. The van der Waals surface area contributed by atoms with Crippen LogP contribution in [0, 0.1) is 0 Å². The summed E-state index contributed by atoms with van der Waals surface area (Å²) in [5.41, 5.74) is 9.97. The first kappa shape index (κ1) is 8.75. The minimum atomic E-state index is 0.229. The van der Waals surface area contributed by atoms with E-state index in [0.29, 0.717) is 0 Å². The normalized spacial score (nSPS) is 21.6. The third kappa shape index (κ3) is 1.27. The van der Waals surface area contributed by atoms with E-state index in [1.165, 1.54) is 23.4 Å². The number of nitrogens with zero attached hydrogens (tertiary/aromatic N) is 2. The highest BCUT2D eigenvalue weighted by Gasteiger charge is 2.23. The fraction of sp³-hybridized carbons (Fsp3) is 0.700. The van der Waals surface area contributed by atoms with Crippen LogP contribution >= 0.6 is 0 Å². The summed E-state index contributed by atoms with van der Waals surface area (Å²) < 4.78 is 2.01. The van der Waals surface area contributed by atoms with Crippen LogP contribution in [-0.4, -0.2) is 9.78 Å². The van der Waals surface area contributed by atoms with Crippen molar-refractivity contribution < 1.29 is 0 Å². The molecule has 1 aromatic heterocycles. The smallest absolute Gasteiger partial charge is 0.0672 e. The van der Waals surface area contributed by atoms with Gasteiger partial charge >= 0.3 is 0 Å². The fourth-order valence-electron chi connectivity index (χ4n) is 2.26. The third-order valence-corrected chi connectivity index (χ3v) is 2.92. The van der Waals surface area contributed by atoms with Crippen LogP contribution in [0.5, 0.6) is 0 Å². The van der Waals surface area contributed by atoms with Crippen molar-refractivity contribution >= 4 is 0 Å². The third-order valence-electron chi connectivity index (χ3n) is 2.92. The lowest BCUT2D eigenvalue weighted by Gasteiger charge is -2.19. The van der Waals surface area contributed by atoms with Crippen LogP contribution in [0.3, 0.4) is 0 Å². The molecule has 13 heavy (non-hydrogen) atoms. The van der Waals surface area contributed by atoms with Gasteiger partial charge in [-0.2, -0.15) is 5.10 Å². The summed E-state index contributed by atoms with van der Waals surface area (Å²) in [6.45, 7) is 2.14. The molecule has 1 atom stereocenters. The molecule has 1 aliphatic rings. The van der Waals surface area contributed by atoms with Gasteiger partial charge in [-0.1, -0.05) is 6.92 Å². The molecule has 2 N–H and O–H groups in total. The molecule has 1 heterocycles. The highest BCUT2D eigenvalue weighted by molar-refractivity contribution is 5.31. The van der Waals surface area contributed by atoms with Crippen LogP contribution in [0.15, 0.2) is 0 Å². The molecular weight excluding hydrogens is 162 g/mol. The summed E-state index contributed by atoms with van der Waals surface area (Å²) in [5, 5.41) is 4.50. The Labute approximate surface area is 78.9 Å². The number of hydrogen-bond donors (Lipinski definition) is 1. The first-order valence-electron chi connectivity index (χ1n) is 5.04. The molecule has 1 unspecified atom stereocenters. The molecule has 3 nitrogen and oxygen atoms in total. The van der Waals surface area contributed by atoms with E-state index < -0.39 is 0 Å². The molecule has 2 rings (SSSR count). The van der Waals surface area contributed by atoms with Crippen LogP contribution < -0.4 is 5.73 Å². The number of hydrogen-bond acceptors (Lipinski definition) is 2. The van der Waals surface area contributed by atoms with Crippen LogP contribution in [0.4, 0.5) is 0 Å². The molecule has 0 spiro atoms. The van der Waals surface area contributed by atoms with E-state index >= 15 is 0 Å². The van der Waals surface area contributed by atoms with E-state index in [9.17, 15) is 0 Å². The molecule has 0 saturated heterocycles. The summed E-state index contributed by atoms with van der Waals surface area (Å²) in [6.07, 6.45) is 4.46. The maximum absolute atomic E-state index is 6.08. The van der Waals surface area contributed by atoms with Gasteiger partial charge in [0.05, 0.1) is 5.69 Å². The second-order valence-electron chi connectivity index (χ2n) is 3.78. The predicted molar refractivity (Wildman–Crippen MR) is 52.5 cm³/mol. The van der Waals surface area contributed by atoms with Gasteiger partial charge in [-0.25, -0.2) is 0 Å². The van der Waals surface area contributed by atoms with Gasteiger partial charge in [0.25, 0.3) is 0 Å². The maximum Gasteiger partial charge on any atom is 0.0672 e. The SMILES string of the molecule is CCc1nn(C)c2c1C(N)CCC2. The van der Waals surface area contributed by atoms with Crippen LogP contribution in [0.2, 0.25) is 0 Å². The number of fused-ring (bicyclic) bond motifs is 1. The molecule has 0 radical (unpaired) electrons. The first-order chi connectivity index (χ1) is 6.24. The Kier molecular flexibility index (Phi) is 2.12. The van der Waals surface area contributed by atoms with E-state index in [1.807, 2.05) is 11.7 Å². The largest absolute Gasteiger partial charge is 0.324 e. The number of nitrogens with two attached hydrogens (primary N) is 1. The van der Waals surface area contributed by atoms with Gasteiger partial charge in [-0.3, -0.25) is 4.68 Å². The van der Waals surface area contributed by atoms with Gasteiger partial charge in [0.15, 0.2) is 0 Å². The second-order valence-corrected chi connectivity index (χ2v) is 3.78. The molecule has 0 bridgehead atoms. The Morgan fingerprint density at radius 2 is 2.38 bits per heavy atom. The van der Waals surface area contributed by atoms with Crippen molar-refractivity contribution in [2.24, 2.45) is 12.8 Å². The lowest BCUT2D eigenvalue weighted by atomic mass is 9.91. The van der Waals surface area contributed by atoms with E-state index in [-0.39, 0.29) is 6.04 Å². The first-order valence-corrected chi connectivity index (χ1v) is 5.04. The highest BCUT2D eigenvalue weighted by Crippen LogP contribution is 2.30. The monoisotopic (exact) mass is 179 g/mol. The molecule has 0 fully saturated rings. The zero-order valence-corrected chi connectivity index (χ0v) is 8.38. The Morgan fingerprint density at radius 3 is 3.08 bits per heavy atom. The topological polar surface area (TPSA) is 43.8 Å². The Balaban J connectivity index is 2.52. The molecule has 3 heteroatoms. The highest BCUT2D eigenvalue weighted by atomic mass is 15.3. The van der Waals surface area contributed by atoms with Gasteiger partial charge in [-0.05, 0) is 25.7 Å². The van der Waals surface area contributed by atoms with Crippen molar-refractivity contribution in [2.45, 2.75) is 38.6 Å². The minimum Gasteiger partial charge on any atom is -0.324 e. The van der Waals surface area contributed by atoms with E-state index in [4.69, 9.17) is 5.73 Å². The lowest BCUT2D eigenvalue weighted by Crippen LogP contribution is -2.18. The summed E-state index contributed by atoms with van der Waals surface area (Å²) in [6, 6.07) is 0.229. The Morgan fingerprint density at radius 1 is 1.62 bits per heavy atom. The Hall–Kier alpha value is -0.830. The van der Waals surface area contributed by atoms with Crippen molar-refractivity contribution in [1.29, 1.82) is 0 Å².